The Balaban J connectivity index is 2.17. The predicted octanol–water partition coefficient (Wildman–Crippen LogP) is 1.91. The summed E-state index contributed by atoms with van der Waals surface area (Å²) in [4.78, 5) is 10.7. The van der Waals surface area contributed by atoms with E-state index in [0.29, 0.717) is 5.02 Å². The highest BCUT2D eigenvalue weighted by atomic mass is 35.5. The van der Waals surface area contributed by atoms with Crippen molar-refractivity contribution in [2.75, 3.05) is 6.61 Å². The van der Waals surface area contributed by atoms with Crippen LogP contribution in [0.2, 0.25) is 5.02 Å². The van der Waals surface area contributed by atoms with E-state index in [0.717, 1.165) is 5.56 Å². The molecule has 1 unspecified atom stereocenters. The summed E-state index contributed by atoms with van der Waals surface area (Å²) in [6.45, 7) is 0.0211. The lowest BCUT2D eigenvalue weighted by Gasteiger charge is -2.07. The fourth-order valence-corrected chi connectivity index (χ4v) is 1.24. The van der Waals surface area contributed by atoms with Crippen LogP contribution in [0.15, 0.2) is 24.3 Å². The summed E-state index contributed by atoms with van der Waals surface area (Å²) in [5.74, 6) is -0.333. The minimum absolute atomic E-state index is 0.0211. The molecule has 1 aromatic rings. The highest BCUT2D eigenvalue weighted by Gasteiger charge is 2.25. The Labute approximate surface area is 80.2 Å². The van der Waals surface area contributed by atoms with E-state index < -0.39 is 6.29 Å². The van der Waals surface area contributed by atoms with Crippen LogP contribution in [0.1, 0.15) is 11.9 Å². The molecule has 0 spiro atoms. The van der Waals surface area contributed by atoms with E-state index >= 15 is 0 Å². The van der Waals surface area contributed by atoms with Gasteiger partial charge >= 0.3 is 5.97 Å². The third kappa shape index (κ3) is 1.82. The third-order valence-corrected chi connectivity index (χ3v) is 1.99. The molecule has 0 aliphatic carbocycles. The standard InChI is InChI=1S/C9H7ClO3/c10-7-3-1-6(2-4-7)9-12-5-8(11)13-9/h1-4,9H,5H2. The van der Waals surface area contributed by atoms with Crippen LogP contribution < -0.4 is 0 Å². The van der Waals surface area contributed by atoms with Gasteiger partial charge in [0.1, 0.15) is 6.61 Å². The average Bonchev–Trinajstić information content (AvgIpc) is 2.53. The van der Waals surface area contributed by atoms with E-state index in [-0.39, 0.29) is 12.6 Å². The zero-order valence-corrected chi connectivity index (χ0v) is 7.45. The van der Waals surface area contributed by atoms with E-state index in [2.05, 4.69) is 0 Å². The van der Waals surface area contributed by atoms with Crippen molar-refractivity contribution in [2.24, 2.45) is 0 Å². The van der Waals surface area contributed by atoms with Gasteiger partial charge in [-0.25, -0.2) is 4.79 Å². The molecule has 1 atom stereocenters. The second kappa shape index (κ2) is 3.36. The monoisotopic (exact) mass is 198 g/mol. The van der Waals surface area contributed by atoms with Crippen molar-refractivity contribution in [3.05, 3.63) is 34.9 Å². The van der Waals surface area contributed by atoms with Crippen molar-refractivity contribution in [3.8, 4) is 0 Å². The molecular formula is C9H7ClO3. The maximum Gasteiger partial charge on any atom is 0.334 e. The van der Waals surface area contributed by atoms with Gasteiger partial charge in [0, 0.05) is 10.6 Å². The summed E-state index contributed by atoms with van der Waals surface area (Å²) in [6, 6.07) is 7.00. The number of carbonyl (C=O) groups is 1. The maximum atomic E-state index is 10.7. The fourth-order valence-electron chi connectivity index (χ4n) is 1.12. The van der Waals surface area contributed by atoms with Crippen molar-refractivity contribution in [3.63, 3.8) is 0 Å². The highest BCUT2D eigenvalue weighted by molar-refractivity contribution is 6.30. The van der Waals surface area contributed by atoms with Crippen LogP contribution in [-0.4, -0.2) is 12.6 Å². The Kier molecular flexibility index (Phi) is 2.20. The van der Waals surface area contributed by atoms with Crippen LogP contribution in [0.5, 0.6) is 0 Å². The van der Waals surface area contributed by atoms with Gasteiger partial charge in [-0.05, 0) is 12.1 Å². The number of halogens is 1. The van der Waals surface area contributed by atoms with Gasteiger partial charge in [0.05, 0.1) is 0 Å². The van der Waals surface area contributed by atoms with Crippen LogP contribution in [0.25, 0.3) is 0 Å². The van der Waals surface area contributed by atoms with E-state index in [1.165, 1.54) is 0 Å². The molecule has 1 saturated heterocycles. The normalized spacial score (nSPS) is 21.6. The van der Waals surface area contributed by atoms with Crippen LogP contribution in [0.3, 0.4) is 0 Å². The minimum Gasteiger partial charge on any atom is -0.430 e. The summed E-state index contributed by atoms with van der Waals surface area (Å²) in [5.41, 5.74) is 0.801. The lowest BCUT2D eigenvalue weighted by molar-refractivity contribution is -0.143. The largest absolute Gasteiger partial charge is 0.430 e. The van der Waals surface area contributed by atoms with Crippen LogP contribution >= 0.6 is 11.6 Å². The quantitative estimate of drug-likeness (QED) is 0.647. The van der Waals surface area contributed by atoms with Gasteiger partial charge in [0.2, 0.25) is 6.29 Å². The second-order valence-electron chi connectivity index (χ2n) is 2.68. The molecule has 68 valence electrons. The summed E-state index contributed by atoms with van der Waals surface area (Å²) >= 11 is 5.70. The third-order valence-electron chi connectivity index (χ3n) is 1.73. The van der Waals surface area contributed by atoms with E-state index in [4.69, 9.17) is 21.1 Å². The van der Waals surface area contributed by atoms with E-state index in [9.17, 15) is 4.79 Å². The molecule has 3 nitrogen and oxygen atoms in total. The molecule has 1 aromatic carbocycles. The molecule has 1 aliphatic heterocycles. The number of hydrogen-bond donors (Lipinski definition) is 0. The Morgan fingerprint density at radius 3 is 2.54 bits per heavy atom. The number of cyclic esters (lactones) is 1. The van der Waals surface area contributed by atoms with Crippen molar-refractivity contribution >= 4 is 17.6 Å². The van der Waals surface area contributed by atoms with Gasteiger partial charge < -0.3 is 9.47 Å². The van der Waals surface area contributed by atoms with Gasteiger partial charge in [0.25, 0.3) is 0 Å². The van der Waals surface area contributed by atoms with Gasteiger partial charge in [-0.1, -0.05) is 23.7 Å². The number of carbonyl (C=O) groups excluding carboxylic acids is 1. The number of ether oxygens (including phenoxy) is 2. The first-order valence-corrected chi connectivity index (χ1v) is 4.20. The summed E-state index contributed by atoms with van der Waals surface area (Å²) in [7, 11) is 0. The average molecular weight is 199 g/mol. The summed E-state index contributed by atoms with van der Waals surface area (Å²) < 4.78 is 9.96. The van der Waals surface area contributed by atoms with Gasteiger partial charge in [-0.2, -0.15) is 0 Å². The van der Waals surface area contributed by atoms with Gasteiger partial charge in [-0.3, -0.25) is 0 Å². The van der Waals surface area contributed by atoms with E-state index in [1.54, 1.807) is 24.3 Å². The molecule has 4 heteroatoms. The Morgan fingerprint density at radius 2 is 2.00 bits per heavy atom. The molecule has 13 heavy (non-hydrogen) atoms. The molecule has 1 fully saturated rings. The molecular weight excluding hydrogens is 192 g/mol. The number of benzene rings is 1. The molecule has 0 amide bonds. The van der Waals surface area contributed by atoms with Crippen molar-refractivity contribution in [1.29, 1.82) is 0 Å². The Bertz CT molecular complexity index is 320. The molecule has 0 saturated carbocycles. The number of esters is 1. The van der Waals surface area contributed by atoms with Gasteiger partial charge in [0.15, 0.2) is 0 Å². The van der Waals surface area contributed by atoms with Crippen LogP contribution in [0.4, 0.5) is 0 Å². The molecule has 2 rings (SSSR count). The predicted molar refractivity (Wildman–Crippen MR) is 46.2 cm³/mol. The molecule has 1 aliphatic rings. The lowest BCUT2D eigenvalue weighted by atomic mass is 10.2. The molecule has 0 aromatic heterocycles. The first-order chi connectivity index (χ1) is 6.25. The topological polar surface area (TPSA) is 35.5 Å². The van der Waals surface area contributed by atoms with Crippen molar-refractivity contribution in [2.45, 2.75) is 6.29 Å². The van der Waals surface area contributed by atoms with Crippen LogP contribution in [-0.2, 0) is 14.3 Å². The minimum atomic E-state index is -0.565. The summed E-state index contributed by atoms with van der Waals surface area (Å²) in [6.07, 6.45) is -0.565. The van der Waals surface area contributed by atoms with Crippen LogP contribution in [0, 0.1) is 0 Å². The van der Waals surface area contributed by atoms with E-state index in [1.807, 2.05) is 0 Å². The zero-order valence-electron chi connectivity index (χ0n) is 6.70. The van der Waals surface area contributed by atoms with Crippen molar-refractivity contribution in [1.82, 2.24) is 0 Å². The zero-order chi connectivity index (χ0) is 9.26. The van der Waals surface area contributed by atoms with Gasteiger partial charge in [-0.15, -0.1) is 0 Å². The SMILES string of the molecule is O=C1COC(c2ccc(Cl)cc2)O1. The molecule has 0 bridgehead atoms. The Morgan fingerprint density at radius 1 is 1.31 bits per heavy atom. The highest BCUT2D eigenvalue weighted by Crippen LogP contribution is 2.24. The molecule has 1 heterocycles. The first kappa shape index (κ1) is 8.53. The second-order valence-corrected chi connectivity index (χ2v) is 3.12. The summed E-state index contributed by atoms with van der Waals surface area (Å²) in [5, 5.41) is 0.646. The first-order valence-electron chi connectivity index (χ1n) is 3.82. The number of rotatable bonds is 1. The molecule has 0 radical (unpaired) electrons. The number of hydrogen-bond acceptors (Lipinski definition) is 3. The lowest BCUT2D eigenvalue weighted by Crippen LogP contribution is -1.99. The Hall–Kier alpha value is -1.06. The fraction of sp³-hybridized carbons (Fsp3) is 0.222. The maximum absolute atomic E-state index is 10.7. The smallest absolute Gasteiger partial charge is 0.334 e. The van der Waals surface area contributed by atoms with Crippen molar-refractivity contribution < 1.29 is 14.3 Å². The molecule has 0 N–H and O–H groups in total.